The highest BCUT2D eigenvalue weighted by Crippen LogP contribution is 2.42. The Morgan fingerprint density at radius 1 is 0.542 bits per heavy atom. The molecule has 0 bridgehead atoms. The van der Waals surface area contributed by atoms with Crippen LogP contribution in [0.1, 0.15) is 11.1 Å². The Bertz CT molecular complexity index is 736. The zero-order valence-corrected chi connectivity index (χ0v) is 10.8. The minimum Gasteiger partial charge on any atom is -0.317 e. The van der Waals surface area contributed by atoms with E-state index in [1.165, 1.54) is 0 Å². The topological polar surface area (TPSA) is 4.93 Å². The van der Waals surface area contributed by atoms with E-state index in [-0.39, 0.29) is 0 Å². The SMILES string of the molecule is Fc1c(F)c(F)c(-n2cc(C(F)(F)F)c(C(F)(F)F)c2)c(F)c1F. The lowest BCUT2D eigenvalue weighted by atomic mass is 10.2. The van der Waals surface area contributed by atoms with Crippen molar-refractivity contribution in [1.82, 2.24) is 4.57 Å². The Morgan fingerprint density at radius 2 is 0.833 bits per heavy atom. The van der Waals surface area contributed by atoms with Crippen molar-refractivity contribution in [1.29, 1.82) is 0 Å². The van der Waals surface area contributed by atoms with Crippen molar-refractivity contribution < 1.29 is 48.3 Å². The van der Waals surface area contributed by atoms with E-state index in [0.29, 0.717) is 0 Å². The molecule has 12 heteroatoms. The first-order chi connectivity index (χ1) is 10.8. The smallest absolute Gasteiger partial charge is 0.317 e. The summed E-state index contributed by atoms with van der Waals surface area (Å²) in [6, 6.07) is 0. The van der Waals surface area contributed by atoms with E-state index in [2.05, 4.69) is 0 Å². The molecule has 0 radical (unpaired) electrons. The van der Waals surface area contributed by atoms with Crippen LogP contribution >= 0.6 is 0 Å². The van der Waals surface area contributed by atoms with Gasteiger partial charge in [0.2, 0.25) is 5.82 Å². The maximum atomic E-state index is 13.5. The van der Waals surface area contributed by atoms with Gasteiger partial charge in [0.25, 0.3) is 0 Å². The minimum absolute atomic E-state index is 0.416. The van der Waals surface area contributed by atoms with E-state index in [1.807, 2.05) is 0 Å². The molecular formula is C12H2F11N. The predicted molar refractivity (Wildman–Crippen MR) is 55.6 cm³/mol. The molecule has 0 aliphatic heterocycles. The molecule has 0 amide bonds. The molecule has 24 heavy (non-hydrogen) atoms. The minimum atomic E-state index is -5.58. The molecule has 132 valence electrons. The summed E-state index contributed by atoms with van der Waals surface area (Å²) in [6.07, 6.45) is -12.0. The standard InChI is InChI=1S/C12H2F11N/c13-5-6(14)8(16)10(9(17)7(5)15)24-1-3(11(18,19)20)4(2-24)12(21,22)23/h1-2H. The summed E-state index contributed by atoms with van der Waals surface area (Å²) < 4.78 is 141. The number of nitrogens with zero attached hydrogens (tertiary/aromatic N) is 1. The summed E-state index contributed by atoms with van der Waals surface area (Å²) in [7, 11) is 0. The van der Waals surface area contributed by atoms with Crippen molar-refractivity contribution in [2.45, 2.75) is 12.4 Å². The second kappa shape index (κ2) is 5.38. The van der Waals surface area contributed by atoms with Crippen molar-refractivity contribution >= 4 is 0 Å². The number of hydrogen-bond donors (Lipinski definition) is 0. The van der Waals surface area contributed by atoms with Gasteiger partial charge in [-0.15, -0.1) is 0 Å². The largest absolute Gasteiger partial charge is 0.418 e. The molecule has 0 atom stereocenters. The van der Waals surface area contributed by atoms with Crippen LogP contribution in [0.5, 0.6) is 0 Å². The van der Waals surface area contributed by atoms with Crippen LogP contribution in [0.2, 0.25) is 0 Å². The highest BCUT2D eigenvalue weighted by Gasteiger charge is 2.45. The molecule has 2 rings (SSSR count). The van der Waals surface area contributed by atoms with Crippen molar-refractivity contribution in [3.63, 3.8) is 0 Å². The van der Waals surface area contributed by atoms with Gasteiger partial charge in [0.05, 0.1) is 11.1 Å². The summed E-state index contributed by atoms with van der Waals surface area (Å²) in [4.78, 5) is 0. The van der Waals surface area contributed by atoms with Gasteiger partial charge in [-0.25, -0.2) is 22.0 Å². The third-order valence-electron chi connectivity index (χ3n) is 2.88. The summed E-state index contributed by atoms with van der Waals surface area (Å²) in [5.74, 6) is -12.8. The first kappa shape index (κ1) is 18.1. The van der Waals surface area contributed by atoms with E-state index in [4.69, 9.17) is 0 Å². The van der Waals surface area contributed by atoms with Crippen molar-refractivity contribution in [2.75, 3.05) is 0 Å². The van der Waals surface area contributed by atoms with E-state index in [1.54, 1.807) is 0 Å². The maximum absolute atomic E-state index is 13.5. The fourth-order valence-electron chi connectivity index (χ4n) is 1.86. The fraction of sp³-hybridized carbons (Fsp3) is 0.167. The molecule has 1 aromatic carbocycles. The van der Waals surface area contributed by atoms with Crippen LogP contribution in [0.4, 0.5) is 48.3 Å². The van der Waals surface area contributed by atoms with Gasteiger partial charge in [0, 0.05) is 12.4 Å². The summed E-state index contributed by atoms with van der Waals surface area (Å²) in [5.41, 5.74) is -6.66. The van der Waals surface area contributed by atoms with Crippen molar-refractivity contribution in [2.24, 2.45) is 0 Å². The van der Waals surface area contributed by atoms with Crippen molar-refractivity contribution in [3.8, 4) is 5.69 Å². The average molecular weight is 369 g/mol. The van der Waals surface area contributed by atoms with E-state index in [9.17, 15) is 48.3 Å². The Labute approximate surface area is 124 Å². The number of benzene rings is 1. The van der Waals surface area contributed by atoms with Crippen LogP contribution in [-0.4, -0.2) is 4.57 Å². The number of halogens is 11. The molecule has 0 N–H and O–H groups in total. The molecule has 0 aliphatic rings. The van der Waals surface area contributed by atoms with Gasteiger partial charge in [-0.3, -0.25) is 0 Å². The van der Waals surface area contributed by atoms with Gasteiger partial charge < -0.3 is 4.57 Å². The van der Waals surface area contributed by atoms with E-state index < -0.39 is 75.2 Å². The summed E-state index contributed by atoms with van der Waals surface area (Å²) in [6.45, 7) is 0. The molecule has 0 saturated carbocycles. The molecule has 1 aromatic heterocycles. The second-order valence-corrected chi connectivity index (χ2v) is 4.41. The molecule has 1 heterocycles. The zero-order valence-electron chi connectivity index (χ0n) is 10.8. The second-order valence-electron chi connectivity index (χ2n) is 4.41. The van der Waals surface area contributed by atoms with Crippen LogP contribution in [0, 0.1) is 29.1 Å². The quantitative estimate of drug-likeness (QED) is 0.370. The monoisotopic (exact) mass is 369 g/mol. The number of aromatic nitrogens is 1. The molecule has 0 aliphatic carbocycles. The first-order valence-corrected chi connectivity index (χ1v) is 5.65. The summed E-state index contributed by atoms with van der Waals surface area (Å²) >= 11 is 0. The third kappa shape index (κ3) is 2.80. The number of alkyl halides is 6. The number of rotatable bonds is 1. The molecule has 1 nitrogen and oxygen atoms in total. The Kier molecular flexibility index (Phi) is 4.05. The molecule has 0 unspecified atom stereocenters. The normalized spacial score (nSPS) is 12.8. The van der Waals surface area contributed by atoms with E-state index in [0.717, 1.165) is 0 Å². The van der Waals surface area contributed by atoms with Gasteiger partial charge in [0.15, 0.2) is 23.3 Å². The maximum Gasteiger partial charge on any atom is 0.418 e. The molecule has 0 fully saturated rings. The summed E-state index contributed by atoms with van der Waals surface area (Å²) in [5, 5.41) is 0. The first-order valence-electron chi connectivity index (χ1n) is 5.65. The molecular weight excluding hydrogens is 367 g/mol. The number of hydrogen-bond acceptors (Lipinski definition) is 0. The fourth-order valence-corrected chi connectivity index (χ4v) is 1.86. The molecule has 2 aromatic rings. The lowest BCUT2D eigenvalue weighted by molar-refractivity contribution is -0.161. The van der Waals surface area contributed by atoms with Crippen LogP contribution in [0.3, 0.4) is 0 Å². The van der Waals surface area contributed by atoms with Crippen LogP contribution in [-0.2, 0) is 12.4 Å². The van der Waals surface area contributed by atoms with Gasteiger partial charge in [-0.2, -0.15) is 26.3 Å². The predicted octanol–water partition coefficient (Wildman–Crippen LogP) is 5.21. The highest BCUT2D eigenvalue weighted by atomic mass is 19.4. The lowest BCUT2D eigenvalue weighted by Crippen LogP contribution is -2.13. The molecule has 0 spiro atoms. The highest BCUT2D eigenvalue weighted by molar-refractivity contribution is 5.42. The third-order valence-corrected chi connectivity index (χ3v) is 2.88. The van der Waals surface area contributed by atoms with Gasteiger partial charge in [0.1, 0.15) is 5.69 Å². The van der Waals surface area contributed by atoms with Gasteiger partial charge in [-0.1, -0.05) is 0 Å². The molecule has 0 saturated heterocycles. The van der Waals surface area contributed by atoms with E-state index >= 15 is 0 Å². The average Bonchev–Trinajstić information content (AvgIpc) is 2.88. The van der Waals surface area contributed by atoms with Crippen LogP contribution in [0.25, 0.3) is 5.69 Å². The van der Waals surface area contributed by atoms with Crippen LogP contribution in [0.15, 0.2) is 12.4 Å². The van der Waals surface area contributed by atoms with Gasteiger partial charge >= 0.3 is 12.4 Å². The Hall–Kier alpha value is -2.27. The van der Waals surface area contributed by atoms with Crippen molar-refractivity contribution in [3.05, 3.63) is 52.6 Å². The van der Waals surface area contributed by atoms with Crippen LogP contribution < -0.4 is 0 Å². The Morgan fingerprint density at radius 3 is 1.12 bits per heavy atom. The zero-order chi connectivity index (χ0) is 18.6. The van der Waals surface area contributed by atoms with Gasteiger partial charge in [-0.05, 0) is 0 Å². The Balaban J connectivity index is 2.84. The lowest BCUT2D eigenvalue weighted by Gasteiger charge is -2.09.